The number of carbonyl (C=O) groups is 4. The van der Waals surface area contributed by atoms with E-state index in [0.717, 1.165) is 12.8 Å². The molecule has 0 aliphatic carbocycles. The van der Waals surface area contributed by atoms with Crippen LogP contribution >= 0.6 is 0 Å². The minimum Gasteiger partial charge on any atom is -0.396 e. The molecule has 0 spiro atoms. The molecule has 0 saturated carbocycles. The van der Waals surface area contributed by atoms with E-state index >= 15 is 0 Å². The zero-order chi connectivity index (χ0) is 21.9. The van der Waals surface area contributed by atoms with Crippen molar-refractivity contribution >= 4 is 23.6 Å². The van der Waals surface area contributed by atoms with Gasteiger partial charge in [0.1, 0.15) is 0 Å². The molecule has 0 saturated heterocycles. The van der Waals surface area contributed by atoms with Crippen molar-refractivity contribution in [2.24, 2.45) is 0 Å². The van der Waals surface area contributed by atoms with Gasteiger partial charge < -0.3 is 25.2 Å². The minimum absolute atomic E-state index is 0.0755. The first-order valence-electron chi connectivity index (χ1n) is 9.73. The Kier molecular flexibility index (Phi) is 16.4. The molecule has 1 aliphatic rings. The molecule has 0 bridgehead atoms. The van der Waals surface area contributed by atoms with Gasteiger partial charge in [0.15, 0.2) is 0 Å². The van der Waals surface area contributed by atoms with E-state index in [1.165, 1.54) is 24.0 Å². The highest BCUT2D eigenvalue weighted by molar-refractivity contribution is 6.12. The van der Waals surface area contributed by atoms with E-state index < -0.39 is 0 Å². The average molecular weight is 415 g/mol. The van der Waals surface area contributed by atoms with Crippen LogP contribution in [0.3, 0.4) is 0 Å². The molecule has 3 N–H and O–H groups in total. The van der Waals surface area contributed by atoms with Gasteiger partial charge in [-0.2, -0.15) is 0 Å². The summed E-state index contributed by atoms with van der Waals surface area (Å²) in [6.45, 7) is 6.56. The predicted octanol–water partition coefficient (Wildman–Crippen LogP) is -0.634. The van der Waals surface area contributed by atoms with Crippen LogP contribution in [0, 0.1) is 0 Å². The molecule has 0 fully saturated rings. The molecule has 166 valence electrons. The summed E-state index contributed by atoms with van der Waals surface area (Å²) in [5.41, 5.74) is 0. The number of aliphatic hydroxyl groups excluding tert-OH is 1. The minimum atomic E-state index is -0.187. The standard InChI is InChI=1S/C11H22N2O5.C8H11NO2/c1-10(15)12-3-6-17-8-9-18-7-4-13-11(16)2-5-14;1-2-3-6-9-7(10)4-5-8(9)11/h14H,2-9H2,1H3,(H,12,15)(H,13,16);4-5H,2-3,6H2,1H3. The van der Waals surface area contributed by atoms with Crippen molar-refractivity contribution in [3.05, 3.63) is 12.2 Å². The second-order valence-electron chi connectivity index (χ2n) is 6.05. The van der Waals surface area contributed by atoms with E-state index in [0.29, 0.717) is 46.1 Å². The lowest BCUT2D eigenvalue weighted by molar-refractivity contribution is -0.136. The quantitative estimate of drug-likeness (QED) is 0.254. The molecular formula is C19H33N3O7. The van der Waals surface area contributed by atoms with Gasteiger partial charge >= 0.3 is 0 Å². The van der Waals surface area contributed by atoms with Gasteiger partial charge in [0.05, 0.1) is 33.0 Å². The van der Waals surface area contributed by atoms with E-state index in [9.17, 15) is 19.2 Å². The van der Waals surface area contributed by atoms with Crippen LogP contribution in [0.1, 0.15) is 33.1 Å². The van der Waals surface area contributed by atoms with Crippen molar-refractivity contribution < 1.29 is 33.8 Å². The molecule has 1 rings (SSSR count). The number of hydrogen-bond acceptors (Lipinski definition) is 7. The number of unbranched alkanes of at least 4 members (excludes halogenated alkanes) is 1. The van der Waals surface area contributed by atoms with E-state index in [1.807, 2.05) is 6.92 Å². The van der Waals surface area contributed by atoms with Gasteiger partial charge in [-0.25, -0.2) is 0 Å². The molecule has 0 unspecified atom stereocenters. The largest absolute Gasteiger partial charge is 0.396 e. The Morgan fingerprint density at radius 3 is 2.03 bits per heavy atom. The van der Waals surface area contributed by atoms with Gasteiger partial charge in [-0.05, 0) is 6.42 Å². The Hall–Kier alpha value is -2.30. The molecule has 0 radical (unpaired) electrons. The van der Waals surface area contributed by atoms with Gasteiger partial charge in [0.2, 0.25) is 11.8 Å². The van der Waals surface area contributed by atoms with E-state index in [4.69, 9.17) is 14.6 Å². The zero-order valence-corrected chi connectivity index (χ0v) is 17.3. The van der Waals surface area contributed by atoms with Crippen LogP contribution in [0.4, 0.5) is 0 Å². The second kappa shape index (κ2) is 17.8. The summed E-state index contributed by atoms with van der Waals surface area (Å²) in [6, 6.07) is 0. The Morgan fingerprint density at radius 2 is 1.55 bits per heavy atom. The van der Waals surface area contributed by atoms with E-state index in [1.54, 1.807) is 0 Å². The summed E-state index contributed by atoms with van der Waals surface area (Å²) >= 11 is 0. The van der Waals surface area contributed by atoms with Crippen LogP contribution < -0.4 is 10.6 Å². The van der Waals surface area contributed by atoms with E-state index in [-0.39, 0.29) is 36.7 Å². The number of amides is 4. The highest BCUT2D eigenvalue weighted by Crippen LogP contribution is 2.04. The van der Waals surface area contributed by atoms with Gasteiger partial charge in [0, 0.05) is 45.1 Å². The van der Waals surface area contributed by atoms with Crippen LogP contribution in [0.15, 0.2) is 12.2 Å². The number of nitrogens with zero attached hydrogens (tertiary/aromatic N) is 1. The maximum absolute atomic E-state index is 10.9. The predicted molar refractivity (Wildman–Crippen MR) is 106 cm³/mol. The fourth-order valence-electron chi connectivity index (χ4n) is 2.04. The number of ether oxygens (including phenoxy) is 2. The van der Waals surface area contributed by atoms with Gasteiger partial charge in [0.25, 0.3) is 11.8 Å². The molecule has 4 amide bonds. The number of rotatable bonds is 14. The summed E-state index contributed by atoms with van der Waals surface area (Å²) in [5.74, 6) is -0.618. The first-order chi connectivity index (χ1) is 13.9. The molecule has 0 aromatic rings. The highest BCUT2D eigenvalue weighted by atomic mass is 16.5. The SMILES string of the molecule is CC(=O)NCCOCCOCCNC(=O)CCO.CCCCN1C(=O)C=CC1=O. The van der Waals surface area contributed by atoms with Crippen molar-refractivity contribution in [1.29, 1.82) is 0 Å². The van der Waals surface area contributed by atoms with Crippen LogP contribution in [0.5, 0.6) is 0 Å². The summed E-state index contributed by atoms with van der Waals surface area (Å²) in [7, 11) is 0. The third kappa shape index (κ3) is 15.3. The number of aliphatic hydroxyl groups is 1. The molecule has 0 atom stereocenters. The van der Waals surface area contributed by atoms with Gasteiger partial charge in [-0.15, -0.1) is 0 Å². The lowest BCUT2D eigenvalue weighted by Crippen LogP contribution is -2.30. The monoisotopic (exact) mass is 415 g/mol. The lowest BCUT2D eigenvalue weighted by atomic mass is 10.3. The van der Waals surface area contributed by atoms with E-state index in [2.05, 4.69) is 10.6 Å². The number of imide groups is 1. The Morgan fingerprint density at radius 1 is 1.00 bits per heavy atom. The van der Waals surface area contributed by atoms with Crippen LogP contribution in [-0.4, -0.2) is 86.3 Å². The first-order valence-corrected chi connectivity index (χ1v) is 9.73. The molecule has 1 heterocycles. The van der Waals surface area contributed by atoms with Gasteiger partial charge in [-0.1, -0.05) is 13.3 Å². The van der Waals surface area contributed by atoms with Crippen molar-refractivity contribution in [2.75, 3.05) is 52.7 Å². The summed E-state index contributed by atoms with van der Waals surface area (Å²) in [6.07, 6.45) is 4.64. The van der Waals surface area contributed by atoms with Gasteiger partial charge in [-0.3, -0.25) is 24.1 Å². The van der Waals surface area contributed by atoms with Crippen molar-refractivity contribution in [2.45, 2.75) is 33.1 Å². The fourth-order valence-corrected chi connectivity index (χ4v) is 2.04. The molecular weight excluding hydrogens is 382 g/mol. The summed E-state index contributed by atoms with van der Waals surface area (Å²) in [4.78, 5) is 44.5. The second-order valence-corrected chi connectivity index (χ2v) is 6.05. The molecule has 0 aromatic heterocycles. The fraction of sp³-hybridized carbons (Fsp3) is 0.684. The first kappa shape index (κ1) is 26.7. The lowest BCUT2D eigenvalue weighted by Gasteiger charge is -2.11. The number of nitrogens with one attached hydrogen (secondary N) is 2. The molecule has 10 heteroatoms. The number of hydrogen-bond donors (Lipinski definition) is 3. The number of carbonyl (C=O) groups excluding carboxylic acids is 4. The molecule has 1 aliphatic heterocycles. The third-order valence-corrected chi connectivity index (χ3v) is 3.54. The Balaban J connectivity index is 0.000000604. The zero-order valence-electron chi connectivity index (χ0n) is 17.3. The topological polar surface area (TPSA) is 134 Å². The Labute approximate surface area is 171 Å². The van der Waals surface area contributed by atoms with Crippen LogP contribution in [0.2, 0.25) is 0 Å². The maximum Gasteiger partial charge on any atom is 0.253 e. The molecule has 0 aromatic carbocycles. The molecule has 10 nitrogen and oxygen atoms in total. The normalized spacial score (nSPS) is 12.6. The van der Waals surface area contributed by atoms with Crippen LogP contribution in [0.25, 0.3) is 0 Å². The summed E-state index contributed by atoms with van der Waals surface area (Å²) < 4.78 is 10.4. The summed E-state index contributed by atoms with van der Waals surface area (Å²) in [5, 5.41) is 13.7. The highest BCUT2D eigenvalue weighted by Gasteiger charge is 2.21. The van der Waals surface area contributed by atoms with Crippen molar-refractivity contribution in [3.63, 3.8) is 0 Å². The third-order valence-electron chi connectivity index (χ3n) is 3.54. The van der Waals surface area contributed by atoms with Crippen molar-refractivity contribution in [3.8, 4) is 0 Å². The average Bonchev–Trinajstić information content (AvgIpc) is 3.00. The molecule has 29 heavy (non-hydrogen) atoms. The van der Waals surface area contributed by atoms with Crippen LogP contribution in [-0.2, 0) is 28.7 Å². The maximum atomic E-state index is 10.9. The Bertz CT molecular complexity index is 520. The van der Waals surface area contributed by atoms with Crippen molar-refractivity contribution in [1.82, 2.24) is 15.5 Å². The smallest absolute Gasteiger partial charge is 0.253 e.